The average Bonchev–Trinajstić information content (AvgIpc) is 3.49. The maximum Gasteiger partial charge on any atom is 0.295 e. The number of carbonyl (C=O) groups is 2. The summed E-state index contributed by atoms with van der Waals surface area (Å²) in [6.45, 7) is 3.07. The summed E-state index contributed by atoms with van der Waals surface area (Å²) in [5, 5.41) is 17.6. The number of likely N-dealkylation sites (tertiary alicyclic amines) is 1. The van der Waals surface area contributed by atoms with Gasteiger partial charge in [-0.15, -0.1) is 11.3 Å². The molecule has 1 aliphatic rings. The van der Waals surface area contributed by atoms with Crippen molar-refractivity contribution >= 4 is 28.8 Å². The molecule has 1 amide bonds. The lowest BCUT2D eigenvalue weighted by molar-refractivity contribution is -0.139. The topological polar surface area (TPSA) is 78.7 Å². The summed E-state index contributed by atoms with van der Waals surface area (Å²) >= 11 is 1.47. The molecule has 1 saturated heterocycles. The van der Waals surface area contributed by atoms with Crippen LogP contribution in [0.15, 0.2) is 59.6 Å². The highest BCUT2D eigenvalue weighted by Crippen LogP contribution is 2.41. The summed E-state index contributed by atoms with van der Waals surface area (Å²) in [5.74, 6) is -1.41. The van der Waals surface area contributed by atoms with Gasteiger partial charge in [-0.25, -0.2) is 4.68 Å². The van der Waals surface area contributed by atoms with E-state index in [1.807, 2.05) is 73.8 Å². The lowest BCUT2D eigenvalue weighted by Gasteiger charge is -2.24. The number of carbonyl (C=O) groups excluding carboxylic acids is 2. The first-order chi connectivity index (χ1) is 15.4. The lowest BCUT2D eigenvalue weighted by atomic mass is 10.00. The fourth-order valence-corrected chi connectivity index (χ4v) is 4.87. The van der Waals surface area contributed by atoms with Crippen LogP contribution in [0, 0.1) is 6.92 Å². The first kappa shape index (κ1) is 22.0. The molecule has 7 nitrogen and oxygen atoms in total. The van der Waals surface area contributed by atoms with Gasteiger partial charge in [-0.05, 0) is 57.6 Å². The van der Waals surface area contributed by atoms with Crippen LogP contribution in [0.2, 0.25) is 0 Å². The molecule has 166 valence electrons. The van der Waals surface area contributed by atoms with Crippen LogP contribution in [-0.2, 0) is 9.59 Å². The monoisotopic (exact) mass is 450 g/mol. The zero-order chi connectivity index (χ0) is 22.8. The molecule has 0 spiro atoms. The summed E-state index contributed by atoms with van der Waals surface area (Å²) in [5.41, 5.74) is 2.11. The third kappa shape index (κ3) is 3.99. The average molecular weight is 451 g/mol. The number of hydrogen-bond acceptors (Lipinski definition) is 6. The minimum atomic E-state index is -0.655. The van der Waals surface area contributed by atoms with Gasteiger partial charge in [-0.3, -0.25) is 9.59 Å². The molecule has 3 heterocycles. The molecule has 1 N–H and O–H groups in total. The number of thiophene rings is 1. The van der Waals surface area contributed by atoms with E-state index in [2.05, 4.69) is 5.10 Å². The van der Waals surface area contributed by atoms with Gasteiger partial charge in [0.15, 0.2) is 0 Å². The number of rotatable bonds is 7. The number of hydrogen-bond donors (Lipinski definition) is 1. The number of ketones is 1. The summed E-state index contributed by atoms with van der Waals surface area (Å²) in [6, 6.07) is 12.8. The molecule has 0 saturated carbocycles. The van der Waals surface area contributed by atoms with Crippen LogP contribution in [0.1, 0.15) is 28.6 Å². The molecular weight excluding hydrogens is 424 g/mol. The van der Waals surface area contributed by atoms with Gasteiger partial charge in [-0.2, -0.15) is 5.10 Å². The predicted molar refractivity (Wildman–Crippen MR) is 125 cm³/mol. The Morgan fingerprint density at radius 1 is 1.16 bits per heavy atom. The molecule has 0 aliphatic carbocycles. The van der Waals surface area contributed by atoms with Crippen LogP contribution >= 0.6 is 11.3 Å². The largest absolute Gasteiger partial charge is 0.507 e. The standard InChI is InChI=1S/C24H26N4O3S/c1-16-18(15-25-28(16)17-9-5-4-6-10-17)22(29)20-21(19-11-7-14-32-19)27(24(31)23(20)30)13-8-12-26(2)3/h4-7,9-11,14-15,21,29H,8,12-13H2,1-3H3/b22-20+/t21-/m1/s1. The maximum atomic E-state index is 13.1. The van der Waals surface area contributed by atoms with Crippen LogP contribution in [0.5, 0.6) is 0 Å². The van der Waals surface area contributed by atoms with Crippen molar-refractivity contribution in [2.24, 2.45) is 0 Å². The summed E-state index contributed by atoms with van der Waals surface area (Å²) in [4.78, 5) is 30.5. The van der Waals surface area contributed by atoms with Crippen LogP contribution < -0.4 is 0 Å². The number of para-hydroxylation sites is 1. The first-order valence-electron chi connectivity index (χ1n) is 10.5. The van der Waals surface area contributed by atoms with Gasteiger partial charge in [-0.1, -0.05) is 24.3 Å². The second-order valence-electron chi connectivity index (χ2n) is 8.06. The highest BCUT2D eigenvalue weighted by Gasteiger charge is 2.46. The third-order valence-corrected chi connectivity index (χ3v) is 6.55. The minimum absolute atomic E-state index is 0.123. The van der Waals surface area contributed by atoms with Crippen molar-refractivity contribution in [2.75, 3.05) is 27.2 Å². The molecule has 1 fully saturated rings. The van der Waals surface area contributed by atoms with Gasteiger partial charge < -0.3 is 14.9 Å². The third-order valence-electron chi connectivity index (χ3n) is 5.62. The van der Waals surface area contributed by atoms with E-state index in [-0.39, 0.29) is 11.3 Å². The lowest BCUT2D eigenvalue weighted by Crippen LogP contribution is -2.32. The molecule has 2 aromatic heterocycles. The van der Waals surface area contributed by atoms with Crippen LogP contribution in [0.25, 0.3) is 11.4 Å². The number of amides is 1. The Hall–Kier alpha value is -3.23. The van der Waals surface area contributed by atoms with Crippen molar-refractivity contribution in [3.05, 3.63) is 75.7 Å². The summed E-state index contributed by atoms with van der Waals surface area (Å²) in [6.07, 6.45) is 2.27. The Labute approximate surface area is 191 Å². The molecule has 1 atom stereocenters. The summed E-state index contributed by atoms with van der Waals surface area (Å²) in [7, 11) is 3.94. The van der Waals surface area contributed by atoms with E-state index in [0.29, 0.717) is 17.8 Å². The van der Waals surface area contributed by atoms with Crippen LogP contribution in [-0.4, -0.2) is 63.6 Å². The highest BCUT2D eigenvalue weighted by atomic mass is 32.1. The SMILES string of the molecule is Cc1c(/C(O)=C2\C(=O)C(=O)N(CCCN(C)C)[C@@H]2c2cccs2)cnn1-c1ccccc1. The van der Waals surface area contributed by atoms with E-state index in [1.165, 1.54) is 11.3 Å². The van der Waals surface area contributed by atoms with Crippen molar-refractivity contribution in [1.29, 1.82) is 0 Å². The van der Waals surface area contributed by atoms with Gasteiger partial charge in [0.05, 0.1) is 34.8 Å². The van der Waals surface area contributed by atoms with Gasteiger partial charge in [0, 0.05) is 11.4 Å². The molecular formula is C24H26N4O3S. The Morgan fingerprint density at radius 2 is 1.91 bits per heavy atom. The van der Waals surface area contributed by atoms with Crippen molar-refractivity contribution in [1.82, 2.24) is 19.6 Å². The van der Waals surface area contributed by atoms with E-state index in [1.54, 1.807) is 15.8 Å². The molecule has 1 aliphatic heterocycles. The molecule has 0 radical (unpaired) electrons. The first-order valence-corrected chi connectivity index (χ1v) is 11.3. The van der Waals surface area contributed by atoms with Crippen LogP contribution in [0.3, 0.4) is 0 Å². The molecule has 32 heavy (non-hydrogen) atoms. The number of benzene rings is 1. The predicted octanol–water partition coefficient (Wildman–Crippen LogP) is 3.62. The van der Waals surface area contributed by atoms with Gasteiger partial charge in [0.1, 0.15) is 5.76 Å². The molecule has 1 aromatic carbocycles. The van der Waals surface area contributed by atoms with Crippen LogP contribution in [0.4, 0.5) is 0 Å². The normalized spacial score (nSPS) is 18.1. The molecule has 0 bridgehead atoms. The highest BCUT2D eigenvalue weighted by molar-refractivity contribution is 7.10. The van der Waals surface area contributed by atoms with Gasteiger partial charge in [0.25, 0.3) is 11.7 Å². The molecule has 0 unspecified atom stereocenters. The zero-order valence-electron chi connectivity index (χ0n) is 18.4. The van der Waals surface area contributed by atoms with Crippen molar-refractivity contribution in [3.63, 3.8) is 0 Å². The number of aliphatic hydroxyl groups is 1. The zero-order valence-corrected chi connectivity index (χ0v) is 19.2. The number of Topliss-reactive ketones (excluding diaryl/α,β-unsaturated/α-hetero) is 1. The number of aromatic nitrogens is 2. The Morgan fingerprint density at radius 3 is 2.56 bits per heavy atom. The van der Waals surface area contributed by atoms with Crippen molar-refractivity contribution in [3.8, 4) is 5.69 Å². The molecule has 3 aromatic rings. The quantitative estimate of drug-likeness (QED) is 0.338. The number of nitrogens with zero attached hydrogens (tertiary/aromatic N) is 4. The maximum absolute atomic E-state index is 13.1. The Balaban J connectivity index is 1.77. The molecule has 8 heteroatoms. The Bertz CT molecular complexity index is 1150. The smallest absolute Gasteiger partial charge is 0.295 e. The van der Waals surface area contributed by atoms with Gasteiger partial charge in [0.2, 0.25) is 0 Å². The van der Waals surface area contributed by atoms with E-state index < -0.39 is 17.7 Å². The fourth-order valence-electron chi connectivity index (χ4n) is 4.03. The minimum Gasteiger partial charge on any atom is -0.507 e. The fraction of sp³-hybridized carbons (Fsp3) is 0.292. The van der Waals surface area contributed by atoms with E-state index in [4.69, 9.17) is 0 Å². The van der Waals surface area contributed by atoms with Crippen molar-refractivity contribution < 1.29 is 14.7 Å². The molecule has 4 rings (SSSR count). The second kappa shape index (κ2) is 9.10. The Kier molecular flexibility index (Phi) is 6.25. The van der Waals surface area contributed by atoms with E-state index in [9.17, 15) is 14.7 Å². The number of aliphatic hydroxyl groups excluding tert-OH is 1. The van der Waals surface area contributed by atoms with Crippen molar-refractivity contribution in [2.45, 2.75) is 19.4 Å². The van der Waals surface area contributed by atoms with Gasteiger partial charge >= 0.3 is 0 Å². The summed E-state index contributed by atoms with van der Waals surface area (Å²) < 4.78 is 1.71. The van der Waals surface area contributed by atoms with E-state index in [0.717, 1.165) is 23.5 Å². The van der Waals surface area contributed by atoms with E-state index >= 15 is 0 Å². The second-order valence-corrected chi connectivity index (χ2v) is 9.04.